The molecular weight excluding hydrogens is 301 g/mol. The molecule has 0 bridgehead atoms. The topological polar surface area (TPSA) is 52.0 Å². The number of nitrogens with zero attached hydrogens (tertiary/aromatic N) is 1. The minimum absolute atomic E-state index is 0.178. The van der Waals surface area contributed by atoms with Gasteiger partial charge in [-0.05, 0) is 49.7 Å². The van der Waals surface area contributed by atoms with E-state index in [1.54, 1.807) is 19.9 Å². The summed E-state index contributed by atoms with van der Waals surface area (Å²) in [6.45, 7) is 3.43. The van der Waals surface area contributed by atoms with Gasteiger partial charge in [-0.2, -0.15) is 13.2 Å². The second-order valence-corrected chi connectivity index (χ2v) is 5.88. The molecule has 2 N–H and O–H groups in total. The Balaban J connectivity index is 2.32. The summed E-state index contributed by atoms with van der Waals surface area (Å²) in [7, 11) is 0. The minimum Gasteiger partial charge on any atom is -0.439 e. The molecule has 0 aliphatic carbocycles. The van der Waals surface area contributed by atoms with Crippen molar-refractivity contribution >= 4 is 11.8 Å². The van der Waals surface area contributed by atoms with Crippen LogP contribution in [0.15, 0.2) is 39.0 Å². The molecule has 1 atom stereocenters. The van der Waals surface area contributed by atoms with Gasteiger partial charge in [0.05, 0.1) is 11.3 Å². The molecule has 1 heterocycles. The van der Waals surface area contributed by atoms with Gasteiger partial charge in [0.15, 0.2) is 0 Å². The SMILES string of the molecule is Cc1coc(Sc2ccc(CC(C)N)c(C(F)(F)F)c2)n1. The Hall–Kier alpha value is -1.47. The van der Waals surface area contributed by atoms with E-state index in [1.807, 2.05) is 0 Å². The van der Waals surface area contributed by atoms with Crippen LogP contribution in [0.1, 0.15) is 23.7 Å². The van der Waals surface area contributed by atoms with E-state index in [9.17, 15) is 13.2 Å². The zero-order valence-corrected chi connectivity index (χ0v) is 12.4. The summed E-state index contributed by atoms with van der Waals surface area (Å²) in [4.78, 5) is 4.49. The summed E-state index contributed by atoms with van der Waals surface area (Å²) in [5.74, 6) is 0. The first-order valence-corrected chi connectivity index (χ1v) is 7.13. The zero-order chi connectivity index (χ0) is 15.6. The van der Waals surface area contributed by atoms with E-state index in [2.05, 4.69) is 4.98 Å². The highest BCUT2D eigenvalue weighted by Gasteiger charge is 2.33. The number of alkyl halides is 3. The van der Waals surface area contributed by atoms with Crippen LogP contribution in [0.2, 0.25) is 0 Å². The van der Waals surface area contributed by atoms with Crippen LogP contribution in [0.25, 0.3) is 0 Å². The molecule has 1 aromatic heterocycles. The average Bonchev–Trinajstić information content (AvgIpc) is 2.75. The van der Waals surface area contributed by atoms with Gasteiger partial charge in [0.2, 0.25) is 0 Å². The Morgan fingerprint density at radius 3 is 2.62 bits per heavy atom. The Bertz CT molecular complexity index is 623. The van der Waals surface area contributed by atoms with E-state index in [0.717, 1.165) is 17.8 Å². The molecule has 0 saturated carbocycles. The number of oxazole rings is 1. The summed E-state index contributed by atoms with van der Waals surface area (Å²) in [5, 5.41) is 0.320. The van der Waals surface area contributed by atoms with E-state index in [-0.39, 0.29) is 18.0 Å². The van der Waals surface area contributed by atoms with Crippen LogP contribution in [-0.4, -0.2) is 11.0 Å². The molecule has 0 aliphatic rings. The summed E-state index contributed by atoms with van der Waals surface area (Å²) < 4.78 is 44.5. The lowest BCUT2D eigenvalue weighted by Gasteiger charge is -2.15. The van der Waals surface area contributed by atoms with Gasteiger partial charge in [-0.1, -0.05) is 6.07 Å². The van der Waals surface area contributed by atoms with E-state index < -0.39 is 11.7 Å². The van der Waals surface area contributed by atoms with Gasteiger partial charge in [-0.3, -0.25) is 0 Å². The van der Waals surface area contributed by atoms with Gasteiger partial charge in [-0.15, -0.1) is 0 Å². The van der Waals surface area contributed by atoms with Gasteiger partial charge >= 0.3 is 6.18 Å². The van der Waals surface area contributed by atoms with Gasteiger partial charge < -0.3 is 10.2 Å². The third-order valence-electron chi connectivity index (χ3n) is 2.73. The minimum atomic E-state index is -4.41. The van der Waals surface area contributed by atoms with Crippen molar-refractivity contribution in [3.8, 4) is 0 Å². The quantitative estimate of drug-likeness (QED) is 0.925. The lowest BCUT2D eigenvalue weighted by molar-refractivity contribution is -0.138. The Kier molecular flexibility index (Phi) is 4.63. The molecule has 0 aliphatic heterocycles. The number of hydrogen-bond acceptors (Lipinski definition) is 4. The first-order chi connectivity index (χ1) is 9.75. The van der Waals surface area contributed by atoms with Crippen molar-refractivity contribution in [2.75, 3.05) is 0 Å². The number of aromatic nitrogens is 1. The highest BCUT2D eigenvalue weighted by atomic mass is 32.2. The Morgan fingerprint density at radius 2 is 2.10 bits per heavy atom. The van der Waals surface area contributed by atoms with Crippen molar-refractivity contribution < 1.29 is 17.6 Å². The zero-order valence-electron chi connectivity index (χ0n) is 11.6. The molecule has 114 valence electrons. The molecular formula is C14H15F3N2OS. The van der Waals surface area contributed by atoms with Crippen molar-refractivity contribution in [1.82, 2.24) is 4.98 Å². The largest absolute Gasteiger partial charge is 0.439 e. The van der Waals surface area contributed by atoms with Crippen LogP contribution >= 0.6 is 11.8 Å². The summed E-state index contributed by atoms with van der Waals surface area (Å²) in [5.41, 5.74) is 5.83. The van der Waals surface area contributed by atoms with Crippen LogP contribution in [0.3, 0.4) is 0 Å². The van der Waals surface area contributed by atoms with Crippen LogP contribution in [0.4, 0.5) is 13.2 Å². The third kappa shape index (κ3) is 4.25. The maximum absolute atomic E-state index is 13.1. The smallest absolute Gasteiger partial charge is 0.416 e. The molecule has 2 aromatic rings. The predicted octanol–water partition coefficient (Wildman–Crippen LogP) is 4.04. The van der Waals surface area contributed by atoms with E-state index in [1.165, 1.54) is 12.3 Å². The van der Waals surface area contributed by atoms with E-state index in [0.29, 0.717) is 15.8 Å². The molecule has 7 heteroatoms. The van der Waals surface area contributed by atoms with Gasteiger partial charge in [0.1, 0.15) is 6.26 Å². The maximum atomic E-state index is 13.1. The second kappa shape index (κ2) is 6.11. The molecule has 0 spiro atoms. The number of rotatable bonds is 4. The molecule has 0 saturated heterocycles. The standard InChI is InChI=1S/C14H15F3N2OS/c1-8(18)5-10-3-4-11(6-12(10)14(15,16)17)21-13-19-9(2)7-20-13/h3-4,6-8H,5,18H2,1-2H3. The van der Waals surface area contributed by atoms with Crippen molar-refractivity contribution in [2.45, 2.75) is 42.6 Å². The molecule has 0 amide bonds. The van der Waals surface area contributed by atoms with Crippen LogP contribution in [0.5, 0.6) is 0 Å². The Labute approximate surface area is 124 Å². The van der Waals surface area contributed by atoms with Gasteiger partial charge in [-0.25, -0.2) is 4.98 Å². The van der Waals surface area contributed by atoms with Gasteiger partial charge in [0, 0.05) is 10.9 Å². The number of aryl methyl sites for hydroxylation is 1. The fourth-order valence-electron chi connectivity index (χ4n) is 1.89. The number of nitrogens with two attached hydrogens (primary N) is 1. The van der Waals surface area contributed by atoms with Crippen LogP contribution < -0.4 is 5.73 Å². The lowest BCUT2D eigenvalue weighted by Crippen LogP contribution is -2.20. The molecule has 1 unspecified atom stereocenters. The average molecular weight is 316 g/mol. The number of benzene rings is 1. The molecule has 2 rings (SSSR count). The van der Waals surface area contributed by atoms with E-state index in [4.69, 9.17) is 10.2 Å². The van der Waals surface area contributed by atoms with Crippen LogP contribution in [0, 0.1) is 6.92 Å². The summed E-state index contributed by atoms with van der Waals surface area (Å²) >= 11 is 1.06. The predicted molar refractivity (Wildman–Crippen MR) is 74.2 cm³/mol. The van der Waals surface area contributed by atoms with E-state index >= 15 is 0 Å². The fourth-order valence-corrected chi connectivity index (χ4v) is 2.69. The summed E-state index contributed by atoms with van der Waals surface area (Å²) in [6.07, 6.45) is -2.78. The van der Waals surface area contributed by atoms with Crippen molar-refractivity contribution in [1.29, 1.82) is 0 Å². The third-order valence-corrected chi connectivity index (χ3v) is 3.58. The number of halogens is 3. The molecule has 0 radical (unpaired) electrons. The normalized spacial score (nSPS) is 13.4. The fraction of sp³-hybridized carbons (Fsp3) is 0.357. The Morgan fingerprint density at radius 1 is 1.38 bits per heavy atom. The first kappa shape index (κ1) is 15.9. The molecule has 1 aromatic carbocycles. The van der Waals surface area contributed by atoms with Crippen LogP contribution in [-0.2, 0) is 12.6 Å². The van der Waals surface area contributed by atoms with Gasteiger partial charge in [0.25, 0.3) is 5.22 Å². The van der Waals surface area contributed by atoms with Crippen molar-refractivity contribution in [3.05, 3.63) is 41.3 Å². The maximum Gasteiger partial charge on any atom is 0.416 e. The van der Waals surface area contributed by atoms with Crippen molar-refractivity contribution in [3.63, 3.8) is 0 Å². The number of hydrogen-bond donors (Lipinski definition) is 1. The highest BCUT2D eigenvalue weighted by Crippen LogP contribution is 2.36. The first-order valence-electron chi connectivity index (χ1n) is 6.31. The van der Waals surface area contributed by atoms with Crippen molar-refractivity contribution in [2.24, 2.45) is 5.73 Å². The monoisotopic (exact) mass is 316 g/mol. The second-order valence-electron chi connectivity index (χ2n) is 4.85. The summed E-state index contributed by atoms with van der Waals surface area (Å²) in [6, 6.07) is 3.86. The molecule has 21 heavy (non-hydrogen) atoms. The lowest BCUT2D eigenvalue weighted by atomic mass is 10.0. The highest BCUT2D eigenvalue weighted by molar-refractivity contribution is 7.99. The molecule has 0 fully saturated rings. The molecule has 3 nitrogen and oxygen atoms in total.